The molecule has 7 nitrogen and oxygen atoms in total. The molecular weight excluding hydrogens is 370 g/mol. The molecule has 2 amide bonds. The molecule has 136 valence electrons. The van der Waals surface area contributed by atoms with E-state index in [1.165, 1.54) is 18.3 Å². The molecule has 0 radical (unpaired) electrons. The van der Waals surface area contributed by atoms with Crippen molar-refractivity contribution in [1.29, 1.82) is 0 Å². The van der Waals surface area contributed by atoms with Crippen molar-refractivity contribution in [3.63, 3.8) is 0 Å². The molecule has 1 aromatic heterocycles. The van der Waals surface area contributed by atoms with E-state index in [4.69, 9.17) is 21.1 Å². The van der Waals surface area contributed by atoms with Gasteiger partial charge in [-0.1, -0.05) is 29.8 Å². The first-order valence-electron chi connectivity index (χ1n) is 7.81. The summed E-state index contributed by atoms with van der Waals surface area (Å²) in [5, 5.41) is 15.7. The normalized spacial score (nSPS) is 10.7. The summed E-state index contributed by atoms with van der Waals surface area (Å²) in [5.41, 5.74) is 3.51. The number of furan rings is 1. The number of para-hydroxylation sites is 1. The highest BCUT2D eigenvalue weighted by Gasteiger charge is 2.12. The number of aromatic carboxylic acids is 1. The molecule has 2 aromatic carbocycles. The third-order valence-corrected chi connectivity index (χ3v) is 3.83. The van der Waals surface area contributed by atoms with Gasteiger partial charge in [-0.25, -0.2) is 15.0 Å². The zero-order valence-electron chi connectivity index (χ0n) is 13.8. The van der Waals surface area contributed by atoms with Gasteiger partial charge in [0.1, 0.15) is 11.5 Å². The number of carbonyl (C=O) groups excluding carboxylic acids is 1. The Morgan fingerprint density at radius 1 is 1.07 bits per heavy atom. The number of hydrogen-bond acceptors (Lipinski definition) is 4. The Hall–Kier alpha value is -3.58. The molecule has 0 aliphatic rings. The molecule has 3 N–H and O–H groups in total. The van der Waals surface area contributed by atoms with E-state index in [0.29, 0.717) is 22.8 Å². The van der Waals surface area contributed by atoms with Gasteiger partial charge in [-0.05, 0) is 42.5 Å². The second-order valence-electron chi connectivity index (χ2n) is 5.39. The molecule has 8 heteroatoms. The van der Waals surface area contributed by atoms with Gasteiger partial charge in [0, 0.05) is 11.3 Å². The number of carboxylic acids is 1. The van der Waals surface area contributed by atoms with Crippen molar-refractivity contribution >= 4 is 35.5 Å². The van der Waals surface area contributed by atoms with Crippen LogP contribution in [0.25, 0.3) is 11.3 Å². The van der Waals surface area contributed by atoms with Crippen LogP contribution in [-0.4, -0.2) is 23.3 Å². The minimum absolute atomic E-state index is 0.0139. The number of anilines is 1. The summed E-state index contributed by atoms with van der Waals surface area (Å²) in [6.07, 6.45) is 1.34. The van der Waals surface area contributed by atoms with Crippen molar-refractivity contribution in [2.45, 2.75) is 0 Å². The van der Waals surface area contributed by atoms with Crippen molar-refractivity contribution < 1.29 is 19.1 Å². The van der Waals surface area contributed by atoms with Crippen LogP contribution in [0.1, 0.15) is 16.1 Å². The minimum Gasteiger partial charge on any atom is -0.478 e. The highest BCUT2D eigenvalue weighted by molar-refractivity contribution is 6.33. The molecule has 0 fully saturated rings. The van der Waals surface area contributed by atoms with Gasteiger partial charge >= 0.3 is 12.0 Å². The molecule has 27 heavy (non-hydrogen) atoms. The maximum atomic E-state index is 11.7. The second kappa shape index (κ2) is 8.20. The first-order valence-corrected chi connectivity index (χ1v) is 8.19. The Morgan fingerprint density at radius 3 is 2.59 bits per heavy atom. The first-order chi connectivity index (χ1) is 13.0. The van der Waals surface area contributed by atoms with E-state index in [0.717, 1.165) is 0 Å². The molecule has 0 atom stereocenters. The lowest BCUT2D eigenvalue weighted by Gasteiger charge is -2.03. The van der Waals surface area contributed by atoms with E-state index in [9.17, 15) is 9.59 Å². The predicted molar refractivity (Wildman–Crippen MR) is 102 cm³/mol. The Bertz CT molecular complexity index is 999. The number of hydrogen-bond donors (Lipinski definition) is 3. The van der Waals surface area contributed by atoms with E-state index >= 15 is 0 Å². The van der Waals surface area contributed by atoms with Crippen LogP contribution in [0.4, 0.5) is 10.5 Å². The SMILES string of the molecule is O=C(NN=Cc1ccc(-c2ccc(Cl)c(C(=O)O)c2)o1)Nc1ccccc1. The Morgan fingerprint density at radius 2 is 1.85 bits per heavy atom. The molecule has 0 spiro atoms. The average molecular weight is 384 g/mol. The lowest BCUT2D eigenvalue weighted by Crippen LogP contribution is -2.24. The van der Waals surface area contributed by atoms with Crippen LogP contribution in [-0.2, 0) is 0 Å². The van der Waals surface area contributed by atoms with Gasteiger partial charge in [-0.15, -0.1) is 0 Å². The van der Waals surface area contributed by atoms with Gasteiger partial charge in [0.15, 0.2) is 0 Å². The fourth-order valence-corrected chi connectivity index (χ4v) is 2.45. The van der Waals surface area contributed by atoms with Gasteiger partial charge in [-0.3, -0.25) is 0 Å². The summed E-state index contributed by atoms with van der Waals surface area (Å²) in [7, 11) is 0. The van der Waals surface area contributed by atoms with Crippen LogP contribution in [0.3, 0.4) is 0 Å². The number of amides is 2. The zero-order valence-corrected chi connectivity index (χ0v) is 14.6. The number of carbonyl (C=O) groups is 2. The zero-order chi connectivity index (χ0) is 19.2. The number of halogens is 1. The number of rotatable bonds is 5. The van der Waals surface area contributed by atoms with Crippen molar-refractivity contribution in [3.05, 3.63) is 77.0 Å². The van der Waals surface area contributed by atoms with Crippen LogP contribution in [0, 0.1) is 0 Å². The van der Waals surface area contributed by atoms with Crippen LogP contribution in [0.5, 0.6) is 0 Å². The highest BCUT2D eigenvalue weighted by atomic mass is 35.5. The fourth-order valence-electron chi connectivity index (χ4n) is 2.25. The summed E-state index contributed by atoms with van der Waals surface area (Å²) < 4.78 is 5.59. The van der Waals surface area contributed by atoms with Crippen molar-refractivity contribution in [2.75, 3.05) is 5.32 Å². The van der Waals surface area contributed by atoms with Gasteiger partial charge in [0.05, 0.1) is 16.8 Å². The molecule has 0 saturated carbocycles. The summed E-state index contributed by atoms with van der Waals surface area (Å²) in [6, 6.07) is 16.3. The Balaban J connectivity index is 1.64. The summed E-state index contributed by atoms with van der Waals surface area (Å²) in [5.74, 6) is -0.287. The summed E-state index contributed by atoms with van der Waals surface area (Å²) in [4.78, 5) is 22.9. The standard InChI is InChI=1S/C19H14ClN3O4/c20-16-8-6-12(10-15(16)18(24)25)17-9-7-14(27-17)11-21-23-19(26)22-13-4-2-1-3-5-13/h1-11H,(H,24,25)(H2,22,23,26). The van der Waals surface area contributed by atoms with Crippen LogP contribution in [0.2, 0.25) is 5.02 Å². The smallest absolute Gasteiger partial charge is 0.339 e. The van der Waals surface area contributed by atoms with Crippen molar-refractivity contribution in [3.8, 4) is 11.3 Å². The fraction of sp³-hybridized carbons (Fsp3) is 0. The molecule has 0 aliphatic heterocycles. The third kappa shape index (κ3) is 4.74. The largest absolute Gasteiger partial charge is 0.478 e. The van der Waals surface area contributed by atoms with E-state index in [1.54, 1.807) is 42.5 Å². The maximum Gasteiger partial charge on any atom is 0.339 e. The number of carboxylic acid groups (broad SMARTS) is 1. The van der Waals surface area contributed by atoms with Crippen LogP contribution in [0.15, 0.2) is 70.2 Å². The first kappa shape index (κ1) is 18.2. The van der Waals surface area contributed by atoms with Gasteiger partial charge in [0.25, 0.3) is 0 Å². The quantitative estimate of drug-likeness (QED) is 0.447. The summed E-state index contributed by atoms with van der Waals surface area (Å²) in [6.45, 7) is 0. The lowest BCUT2D eigenvalue weighted by molar-refractivity contribution is 0.0697. The molecule has 0 unspecified atom stereocenters. The van der Waals surface area contributed by atoms with E-state index in [1.807, 2.05) is 6.07 Å². The number of hydrazone groups is 1. The van der Waals surface area contributed by atoms with Crippen LogP contribution < -0.4 is 10.7 Å². The average Bonchev–Trinajstić information content (AvgIpc) is 3.11. The maximum absolute atomic E-state index is 11.7. The molecular formula is C19H14ClN3O4. The molecule has 1 heterocycles. The van der Waals surface area contributed by atoms with E-state index < -0.39 is 12.0 Å². The summed E-state index contributed by atoms with van der Waals surface area (Å²) >= 11 is 5.86. The van der Waals surface area contributed by atoms with Gasteiger partial charge < -0.3 is 14.8 Å². The van der Waals surface area contributed by atoms with Crippen molar-refractivity contribution in [1.82, 2.24) is 5.43 Å². The molecule has 0 bridgehead atoms. The van der Waals surface area contributed by atoms with E-state index in [-0.39, 0.29) is 10.6 Å². The lowest BCUT2D eigenvalue weighted by atomic mass is 10.1. The topological polar surface area (TPSA) is 104 Å². The number of urea groups is 1. The van der Waals surface area contributed by atoms with E-state index in [2.05, 4.69) is 15.8 Å². The Labute approximate surface area is 159 Å². The second-order valence-corrected chi connectivity index (χ2v) is 5.80. The predicted octanol–water partition coefficient (Wildman–Crippen LogP) is 4.45. The molecule has 3 rings (SSSR count). The van der Waals surface area contributed by atoms with Crippen molar-refractivity contribution in [2.24, 2.45) is 5.10 Å². The number of benzene rings is 2. The third-order valence-electron chi connectivity index (χ3n) is 3.50. The minimum atomic E-state index is -1.12. The monoisotopic (exact) mass is 383 g/mol. The number of nitrogens with zero attached hydrogens (tertiary/aromatic N) is 1. The molecule has 0 aliphatic carbocycles. The molecule has 0 saturated heterocycles. The van der Waals surface area contributed by atoms with Gasteiger partial charge in [-0.2, -0.15) is 5.10 Å². The highest BCUT2D eigenvalue weighted by Crippen LogP contribution is 2.26. The van der Waals surface area contributed by atoms with Crippen LogP contribution >= 0.6 is 11.6 Å². The Kier molecular flexibility index (Phi) is 5.53. The number of nitrogens with one attached hydrogen (secondary N) is 2. The molecule has 3 aromatic rings. The van der Waals surface area contributed by atoms with Gasteiger partial charge in [0.2, 0.25) is 0 Å².